The third-order valence-electron chi connectivity index (χ3n) is 4.43. The van der Waals surface area contributed by atoms with E-state index in [1.54, 1.807) is 6.07 Å². The zero-order chi connectivity index (χ0) is 17.5. The number of hydrogen-bond acceptors (Lipinski definition) is 3. The number of para-hydroxylation sites is 1. The van der Waals surface area contributed by atoms with Crippen LogP contribution in [-0.4, -0.2) is 11.6 Å². The van der Waals surface area contributed by atoms with Gasteiger partial charge in [-0.3, -0.25) is 4.79 Å². The summed E-state index contributed by atoms with van der Waals surface area (Å²) in [6.45, 7) is 2.65. The summed E-state index contributed by atoms with van der Waals surface area (Å²) in [6, 6.07) is 17.2. The molecule has 0 aliphatic heterocycles. The number of ether oxygens (including phenoxy) is 1. The van der Waals surface area contributed by atoms with Crippen molar-refractivity contribution in [2.24, 2.45) is 11.0 Å². The largest absolute Gasteiger partial charge is 0.488 e. The summed E-state index contributed by atoms with van der Waals surface area (Å²) in [4.78, 5) is 12.5. The van der Waals surface area contributed by atoms with E-state index < -0.39 is 0 Å². The molecule has 130 valence electrons. The average molecular weight is 336 g/mol. The molecule has 1 atom stereocenters. The highest BCUT2D eigenvalue weighted by molar-refractivity contribution is 5.97. The summed E-state index contributed by atoms with van der Waals surface area (Å²) in [7, 11) is 0. The van der Waals surface area contributed by atoms with Gasteiger partial charge in [-0.2, -0.15) is 5.10 Å². The topological polar surface area (TPSA) is 50.7 Å². The Bertz CT molecular complexity index is 741. The lowest BCUT2D eigenvalue weighted by Gasteiger charge is -2.19. The molecule has 1 amide bonds. The quantitative estimate of drug-likeness (QED) is 0.814. The molecule has 3 rings (SSSR count). The molecule has 0 saturated heterocycles. The molecular weight excluding hydrogens is 312 g/mol. The van der Waals surface area contributed by atoms with Crippen LogP contribution in [0, 0.1) is 5.92 Å². The summed E-state index contributed by atoms with van der Waals surface area (Å²) in [6.07, 6.45) is 4.32. The van der Waals surface area contributed by atoms with Gasteiger partial charge in [0.1, 0.15) is 12.4 Å². The van der Waals surface area contributed by atoms with Crippen molar-refractivity contribution in [3.63, 3.8) is 0 Å². The smallest absolute Gasteiger partial charge is 0.275 e. The number of carbonyl (C=O) groups excluding carboxylic acids is 1. The number of nitrogens with one attached hydrogen (secondary N) is 1. The number of rotatable bonds is 5. The Morgan fingerprint density at radius 2 is 1.92 bits per heavy atom. The van der Waals surface area contributed by atoms with Gasteiger partial charge in [0, 0.05) is 5.71 Å². The van der Waals surface area contributed by atoms with E-state index in [2.05, 4.69) is 17.5 Å². The summed E-state index contributed by atoms with van der Waals surface area (Å²) < 4.78 is 5.84. The van der Waals surface area contributed by atoms with Crippen LogP contribution in [0.15, 0.2) is 59.7 Å². The van der Waals surface area contributed by atoms with E-state index in [1.165, 1.54) is 6.42 Å². The molecule has 4 heteroatoms. The van der Waals surface area contributed by atoms with Crippen molar-refractivity contribution < 1.29 is 9.53 Å². The Morgan fingerprint density at radius 3 is 2.72 bits per heavy atom. The second-order valence-corrected chi connectivity index (χ2v) is 6.59. The molecule has 1 fully saturated rings. The minimum Gasteiger partial charge on any atom is -0.488 e. The van der Waals surface area contributed by atoms with E-state index in [4.69, 9.17) is 4.74 Å². The van der Waals surface area contributed by atoms with E-state index in [0.717, 1.165) is 30.5 Å². The van der Waals surface area contributed by atoms with Crippen molar-refractivity contribution in [2.75, 3.05) is 0 Å². The van der Waals surface area contributed by atoms with Crippen LogP contribution < -0.4 is 10.2 Å². The molecular formula is C21H24N2O2. The average Bonchev–Trinajstić information content (AvgIpc) is 2.65. The molecule has 1 aliphatic rings. The Morgan fingerprint density at radius 1 is 1.16 bits per heavy atom. The van der Waals surface area contributed by atoms with Gasteiger partial charge < -0.3 is 4.74 Å². The van der Waals surface area contributed by atoms with Gasteiger partial charge in [0.05, 0.1) is 5.56 Å². The second-order valence-electron chi connectivity index (χ2n) is 6.59. The van der Waals surface area contributed by atoms with Gasteiger partial charge in [0.15, 0.2) is 0 Å². The number of carbonyl (C=O) groups is 1. The first-order valence-electron chi connectivity index (χ1n) is 8.84. The lowest BCUT2D eigenvalue weighted by molar-refractivity contribution is 0.0950. The fourth-order valence-electron chi connectivity index (χ4n) is 3.07. The standard InChI is InChI=1S/C21H24N2O2/c1-16-8-7-11-18(14-16)22-23-21(24)19-12-5-6-13-20(19)25-15-17-9-3-2-4-10-17/h2-6,9-10,12-13,16H,7-8,11,14-15H2,1H3,(H,23,24)/b22-18-/t16-/m1/s1. The summed E-state index contributed by atoms with van der Waals surface area (Å²) in [5.41, 5.74) is 5.35. The molecule has 0 spiro atoms. The van der Waals surface area contributed by atoms with Crippen LogP contribution in [0.2, 0.25) is 0 Å². The fourth-order valence-corrected chi connectivity index (χ4v) is 3.07. The first kappa shape index (κ1) is 17.2. The first-order chi connectivity index (χ1) is 12.2. The first-order valence-corrected chi connectivity index (χ1v) is 8.84. The number of amides is 1. The van der Waals surface area contributed by atoms with Gasteiger partial charge in [0.2, 0.25) is 0 Å². The SMILES string of the molecule is C[C@@H]1CCC/C(=N/NC(=O)c2ccccc2OCc2ccccc2)C1. The number of hydrogen-bond donors (Lipinski definition) is 1. The minimum absolute atomic E-state index is 0.227. The Balaban J connectivity index is 1.65. The number of benzene rings is 2. The zero-order valence-electron chi connectivity index (χ0n) is 14.6. The lowest BCUT2D eigenvalue weighted by Crippen LogP contribution is -2.22. The molecule has 1 N–H and O–H groups in total. The van der Waals surface area contributed by atoms with Crippen molar-refractivity contribution >= 4 is 11.6 Å². The highest BCUT2D eigenvalue weighted by Gasteiger charge is 2.16. The van der Waals surface area contributed by atoms with Crippen molar-refractivity contribution in [2.45, 2.75) is 39.2 Å². The molecule has 0 aromatic heterocycles. The number of nitrogens with zero attached hydrogens (tertiary/aromatic N) is 1. The van der Waals surface area contributed by atoms with E-state index in [9.17, 15) is 4.79 Å². The van der Waals surface area contributed by atoms with E-state index in [-0.39, 0.29) is 5.91 Å². The van der Waals surface area contributed by atoms with Gasteiger partial charge in [0.25, 0.3) is 5.91 Å². The monoisotopic (exact) mass is 336 g/mol. The van der Waals surface area contributed by atoms with Crippen LogP contribution in [0.25, 0.3) is 0 Å². The molecule has 25 heavy (non-hydrogen) atoms. The highest BCUT2D eigenvalue weighted by Crippen LogP contribution is 2.22. The predicted octanol–water partition coefficient (Wildman–Crippen LogP) is 4.56. The van der Waals surface area contributed by atoms with E-state index in [1.807, 2.05) is 48.5 Å². The van der Waals surface area contributed by atoms with Crippen molar-refractivity contribution in [3.05, 3.63) is 65.7 Å². The summed E-state index contributed by atoms with van der Waals surface area (Å²) in [5, 5.41) is 4.33. The maximum Gasteiger partial charge on any atom is 0.275 e. The van der Waals surface area contributed by atoms with E-state index >= 15 is 0 Å². The molecule has 0 unspecified atom stereocenters. The summed E-state index contributed by atoms with van der Waals surface area (Å²) in [5.74, 6) is 0.987. The van der Waals surface area contributed by atoms with Crippen molar-refractivity contribution in [1.29, 1.82) is 0 Å². The predicted molar refractivity (Wildman–Crippen MR) is 99.7 cm³/mol. The lowest BCUT2D eigenvalue weighted by atomic mass is 9.89. The highest BCUT2D eigenvalue weighted by atomic mass is 16.5. The van der Waals surface area contributed by atoms with Crippen LogP contribution in [0.1, 0.15) is 48.5 Å². The summed E-state index contributed by atoms with van der Waals surface area (Å²) >= 11 is 0. The Hall–Kier alpha value is -2.62. The second kappa shape index (κ2) is 8.47. The molecule has 4 nitrogen and oxygen atoms in total. The molecule has 2 aromatic rings. The third-order valence-corrected chi connectivity index (χ3v) is 4.43. The van der Waals surface area contributed by atoms with Crippen LogP contribution in [-0.2, 0) is 6.61 Å². The maximum atomic E-state index is 12.5. The normalized spacial score (nSPS) is 18.8. The van der Waals surface area contributed by atoms with E-state index in [0.29, 0.717) is 23.8 Å². The Kier molecular flexibility index (Phi) is 5.83. The molecule has 2 aromatic carbocycles. The van der Waals surface area contributed by atoms with Gasteiger partial charge in [-0.15, -0.1) is 0 Å². The molecule has 0 radical (unpaired) electrons. The van der Waals surface area contributed by atoms with Gasteiger partial charge in [-0.1, -0.05) is 49.4 Å². The van der Waals surface area contributed by atoms with Crippen LogP contribution in [0.4, 0.5) is 0 Å². The zero-order valence-corrected chi connectivity index (χ0v) is 14.6. The van der Waals surface area contributed by atoms with Gasteiger partial charge >= 0.3 is 0 Å². The maximum absolute atomic E-state index is 12.5. The Labute approximate surface area is 148 Å². The van der Waals surface area contributed by atoms with Crippen molar-refractivity contribution in [1.82, 2.24) is 5.43 Å². The molecule has 1 saturated carbocycles. The van der Waals surface area contributed by atoms with Crippen LogP contribution in [0.5, 0.6) is 5.75 Å². The van der Waals surface area contributed by atoms with Gasteiger partial charge in [-0.25, -0.2) is 5.43 Å². The fraction of sp³-hybridized carbons (Fsp3) is 0.333. The van der Waals surface area contributed by atoms with Crippen molar-refractivity contribution in [3.8, 4) is 5.75 Å². The minimum atomic E-state index is -0.227. The molecule has 0 bridgehead atoms. The van der Waals surface area contributed by atoms with Crippen LogP contribution >= 0.6 is 0 Å². The van der Waals surface area contributed by atoms with Crippen LogP contribution in [0.3, 0.4) is 0 Å². The van der Waals surface area contributed by atoms with Gasteiger partial charge in [-0.05, 0) is 49.3 Å². The number of hydrazone groups is 1. The molecule has 0 heterocycles. The third kappa shape index (κ3) is 4.92. The molecule has 1 aliphatic carbocycles.